The highest BCUT2D eigenvalue weighted by atomic mass is 31.2. The van der Waals surface area contributed by atoms with E-state index in [2.05, 4.69) is 19.2 Å². The Morgan fingerprint density at radius 3 is 1.26 bits per heavy atom. The molecular weight excluding hydrogens is 745 g/mol. The Labute approximate surface area is 349 Å². The lowest BCUT2D eigenvalue weighted by atomic mass is 10.0. The topological polar surface area (TPSA) is 147 Å². The summed E-state index contributed by atoms with van der Waals surface area (Å²) >= 11 is 0. The van der Waals surface area contributed by atoms with Gasteiger partial charge in [-0.25, -0.2) is 9.36 Å². The van der Waals surface area contributed by atoms with E-state index >= 15 is 0 Å². The summed E-state index contributed by atoms with van der Waals surface area (Å²) in [6, 6.07) is 0. The fourth-order valence-corrected chi connectivity index (χ4v) is 7.44. The number of carbonyl (C=O) groups excluding carboxylic acids is 3. The fraction of sp³-hybridized carbons (Fsp3) is 0.933. The summed E-state index contributed by atoms with van der Waals surface area (Å²) in [6.07, 6.45) is 35.4. The number of alkyl carbamates (subject to hydrolysis) is 1. The number of amides is 1. The third-order valence-electron chi connectivity index (χ3n) is 10.1. The Morgan fingerprint density at radius 2 is 0.877 bits per heavy atom. The van der Waals surface area contributed by atoms with E-state index in [-0.39, 0.29) is 38.7 Å². The van der Waals surface area contributed by atoms with Gasteiger partial charge in [-0.15, -0.1) is 0 Å². The van der Waals surface area contributed by atoms with Crippen LogP contribution < -0.4 is 5.32 Å². The number of hydrogen-bond acceptors (Lipinski definition) is 9. The fourth-order valence-electron chi connectivity index (χ4n) is 6.68. The van der Waals surface area contributed by atoms with Gasteiger partial charge in [-0.3, -0.25) is 18.6 Å². The number of ether oxygens (including phenoxy) is 3. The number of phosphoric ester groups is 1. The minimum Gasteiger partial charge on any atom is -0.462 e. The van der Waals surface area contributed by atoms with Gasteiger partial charge in [0.1, 0.15) is 6.61 Å². The quantitative estimate of drug-likeness (QED) is 0.0263. The number of hydrogen-bond donors (Lipinski definition) is 2. The van der Waals surface area contributed by atoms with Crippen LogP contribution in [0.15, 0.2) is 0 Å². The zero-order chi connectivity index (χ0) is 42.1. The second-order valence-corrected chi connectivity index (χ2v) is 17.6. The van der Waals surface area contributed by atoms with Crippen LogP contribution in [0.25, 0.3) is 0 Å². The molecule has 2 unspecified atom stereocenters. The third kappa shape index (κ3) is 42.3. The number of esters is 2. The molecule has 0 spiro atoms. The zero-order valence-corrected chi connectivity index (χ0v) is 38.1. The predicted octanol–water partition coefficient (Wildman–Crippen LogP) is 13.2. The molecule has 57 heavy (non-hydrogen) atoms. The molecule has 0 aliphatic carbocycles. The lowest BCUT2D eigenvalue weighted by Gasteiger charge is -2.20. The Hall–Kier alpha value is -1.68. The smallest absolute Gasteiger partial charge is 0.462 e. The first-order valence-electron chi connectivity index (χ1n) is 23.5. The molecule has 0 fully saturated rings. The average Bonchev–Trinajstić information content (AvgIpc) is 3.17. The highest BCUT2D eigenvalue weighted by Crippen LogP contribution is 2.43. The Morgan fingerprint density at radius 1 is 0.509 bits per heavy atom. The van der Waals surface area contributed by atoms with Gasteiger partial charge in [-0.1, -0.05) is 194 Å². The molecule has 0 bridgehead atoms. The highest BCUT2D eigenvalue weighted by Gasteiger charge is 2.26. The molecule has 0 aliphatic heterocycles. The van der Waals surface area contributed by atoms with Crippen LogP contribution in [0.5, 0.6) is 0 Å². The van der Waals surface area contributed by atoms with Crippen LogP contribution >= 0.6 is 7.82 Å². The van der Waals surface area contributed by atoms with Crippen molar-refractivity contribution in [2.75, 3.05) is 26.4 Å². The molecule has 0 aromatic rings. The minimum atomic E-state index is -4.55. The summed E-state index contributed by atoms with van der Waals surface area (Å²) in [5.41, 5.74) is 0. The Kier molecular flexibility index (Phi) is 39.9. The molecular formula is C45H88NO10P. The minimum absolute atomic E-state index is 0.0753. The number of phosphoric acid groups is 1. The molecule has 0 aromatic heterocycles. The molecule has 0 aliphatic rings. The van der Waals surface area contributed by atoms with Gasteiger partial charge in [0.15, 0.2) is 6.10 Å². The van der Waals surface area contributed by atoms with E-state index in [0.717, 1.165) is 38.5 Å². The first-order valence-corrected chi connectivity index (χ1v) is 25.0. The maximum Gasteiger partial charge on any atom is 0.472 e. The van der Waals surface area contributed by atoms with Gasteiger partial charge in [0.05, 0.1) is 19.3 Å². The Bertz CT molecular complexity index is 982. The molecule has 2 N–H and O–H groups in total. The van der Waals surface area contributed by atoms with Gasteiger partial charge in [0.25, 0.3) is 0 Å². The van der Waals surface area contributed by atoms with Gasteiger partial charge < -0.3 is 24.4 Å². The molecule has 0 heterocycles. The first-order chi connectivity index (χ1) is 27.6. The largest absolute Gasteiger partial charge is 0.472 e. The monoisotopic (exact) mass is 834 g/mol. The number of rotatable bonds is 43. The van der Waals surface area contributed by atoms with Gasteiger partial charge in [0.2, 0.25) is 0 Å². The lowest BCUT2D eigenvalue weighted by molar-refractivity contribution is -0.161. The summed E-state index contributed by atoms with van der Waals surface area (Å²) < 4.78 is 38.4. The van der Waals surface area contributed by atoms with E-state index in [4.69, 9.17) is 23.3 Å². The number of nitrogens with one attached hydrogen (secondary N) is 1. The van der Waals surface area contributed by atoms with Crippen molar-refractivity contribution in [3.05, 3.63) is 0 Å². The summed E-state index contributed by atoms with van der Waals surface area (Å²) in [6.45, 7) is 6.75. The van der Waals surface area contributed by atoms with Crippen LogP contribution in [-0.4, -0.2) is 61.5 Å². The van der Waals surface area contributed by atoms with Crippen LogP contribution in [0.4, 0.5) is 4.79 Å². The van der Waals surface area contributed by atoms with Crippen molar-refractivity contribution in [1.82, 2.24) is 5.32 Å². The number of unbranched alkanes of at least 4 members (excludes halogenated alkanes) is 28. The molecule has 0 rings (SSSR count). The number of carbonyl (C=O) groups is 3. The van der Waals surface area contributed by atoms with Crippen molar-refractivity contribution in [3.63, 3.8) is 0 Å². The van der Waals surface area contributed by atoms with Crippen LogP contribution in [0.2, 0.25) is 0 Å². The third-order valence-corrected chi connectivity index (χ3v) is 11.1. The molecule has 11 nitrogen and oxygen atoms in total. The van der Waals surface area contributed by atoms with Crippen molar-refractivity contribution < 1.29 is 47.1 Å². The van der Waals surface area contributed by atoms with Gasteiger partial charge in [0, 0.05) is 19.4 Å². The van der Waals surface area contributed by atoms with E-state index in [1.54, 1.807) is 13.8 Å². The SMILES string of the molecule is CCCCCCCCCCCCCCCCCC(=O)OCC(COP(=O)(O)OCCNC(=O)OC(C)C)OC(=O)CCCCCCCCCCCCCCCCC. The molecule has 338 valence electrons. The van der Waals surface area contributed by atoms with Gasteiger partial charge in [-0.2, -0.15) is 0 Å². The van der Waals surface area contributed by atoms with Crippen molar-refractivity contribution in [2.45, 2.75) is 245 Å². The van der Waals surface area contributed by atoms with E-state index < -0.39 is 38.6 Å². The van der Waals surface area contributed by atoms with Crippen LogP contribution in [0, 0.1) is 0 Å². The lowest BCUT2D eigenvalue weighted by Crippen LogP contribution is -2.30. The molecule has 0 radical (unpaired) electrons. The predicted molar refractivity (Wildman–Crippen MR) is 231 cm³/mol. The molecule has 12 heteroatoms. The molecule has 1 amide bonds. The second kappa shape index (κ2) is 41.1. The maximum absolute atomic E-state index is 12.7. The summed E-state index contributed by atoms with van der Waals surface area (Å²) in [5.74, 6) is -0.880. The Balaban J connectivity index is 4.41. The summed E-state index contributed by atoms with van der Waals surface area (Å²) in [4.78, 5) is 47.0. The van der Waals surface area contributed by atoms with Crippen LogP contribution in [-0.2, 0) is 37.4 Å². The average molecular weight is 834 g/mol. The van der Waals surface area contributed by atoms with Crippen LogP contribution in [0.3, 0.4) is 0 Å². The van der Waals surface area contributed by atoms with Crippen molar-refractivity contribution >= 4 is 25.9 Å². The molecule has 0 aromatic carbocycles. The molecule has 2 atom stereocenters. The summed E-state index contributed by atoms with van der Waals surface area (Å²) in [7, 11) is -4.55. The van der Waals surface area contributed by atoms with Gasteiger partial charge in [-0.05, 0) is 26.7 Å². The molecule has 0 saturated heterocycles. The van der Waals surface area contributed by atoms with Crippen LogP contribution in [0.1, 0.15) is 233 Å². The second-order valence-electron chi connectivity index (χ2n) is 16.2. The van der Waals surface area contributed by atoms with E-state index in [1.165, 1.54) is 148 Å². The molecule has 0 saturated carbocycles. The maximum atomic E-state index is 12.7. The van der Waals surface area contributed by atoms with Crippen molar-refractivity contribution in [1.29, 1.82) is 0 Å². The zero-order valence-electron chi connectivity index (χ0n) is 37.2. The normalized spacial score (nSPS) is 13.0. The highest BCUT2D eigenvalue weighted by molar-refractivity contribution is 7.47. The standard InChI is InChI=1S/C45H88NO10P/c1-5-7-9-11-13-15-17-19-21-23-25-27-29-31-33-35-43(47)52-39-42(40-54-57(50,51)53-38-37-46-45(49)55-41(3)4)56-44(48)36-34-32-30-28-26-24-22-20-18-16-14-12-10-8-6-2/h41-42H,5-40H2,1-4H3,(H,46,49)(H,50,51). The van der Waals surface area contributed by atoms with E-state index in [9.17, 15) is 23.8 Å². The van der Waals surface area contributed by atoms with Crippen molar-refractivity contribution in [3.8, 4) is 0 Å². The van der Waals surface area contributed by atoms with Crippen molar-refractivity contribution in [2.24, 2.45) is 0 Å². The first kappa shape index (κ1) is 55.3. The van der Waals surface area contributed by atoms with Gasteiger partial charge >= 0.3 is 25.9 Å². The van der Waals surface area contributed by atoms with E-state index in [0.29, 0.717) is 6.42 Å². The summed E-state index contributed by atoms with van der Waals surface area (Å²) in [5, 5.41) is 2.41. The van der Waals surface area contributed by atoms with E-state index in [1.807, 2.05) is 0 Å².